The van der Waals surface area contributed by atoms with Gasteiger partial charge in [0.25, 0.3) is 5.24 Å². The van der Waals surface area contributed by atoms with Crippen molar-refractivity contribution in [3.63, 3.8) is 0 Å². The van der Waals surface area contributed by atoms with Gasteiger partial charge in [-0.2, -0.15) is 0 Å². The molecule has 2 aliphatic rings. The number of nitrogens with zero attached hydrogens (tertiary/aromatic N) is 2. The van der Waals surface area contributed by atoms with Gasteiger partial charge in [-0.1, -0.05) is 60.7 Å². The highest BCUT2D eigenvalue weighted by Crippen LogP contribution is 2.74. The maximum absolute atomic E-state index is 14.1. The first-order valence-corrected chi connectivity index (χ1v) is 13.4. The van der Waals surface area contributed by atoms with Gasteiger partial charge >= 0.3 is 5.97 Å². The molecule has 2 amide bonds. The van der Waals surface area contributed by atoms with Crippen LogP contribution in [0.15, 0.2) is 60.7 Å². The number of amides is 2. The second kappa shape index (κ2) is 9.43. The zero-order chi connectivity index (χ0) is 24.5. The molecule has 0 aromatic heterocycles. The van der Waals surface area contributed by atoms with E-state index in [1.54, 1.807) is 4.90 Å². The van der Waals surface area contributed by atoms with E-state index in [1.807, 2.05) is 81.4 Å². The number of fused-ring (bicyclic) bond motifs is 1. The second-order valence-electron chi connectivity index (χ2n) is 9.25. The van der Waals surface area contributed by atoms with Gasteiger partial charge < -0.3 is 19.6 Å². The van der Waals surface area contributed by atoms with Crippen molar-refractivity contribution in [1.82, 2.24) is 9.80 Å². The number of carbonyl (C=O) groups excluding carboxylic acids is 3. The van der Waals surface area contributed by atoms with Crippen LogP contribution >= 0.6 is 10.0 Å². The van der Waals surface area contributed by atoms with E-state index in [4.69, 9.17) is 4.74 Å². The van der Waals surface area contributed by atoms with Crippen molar-refractivity contribution in [1.29, 1.82) is 0 Å². The zero-order valence-corrected chi connectivity index (χ0v) is 20.7. The maximum Gasteiger partial charge on any atom is 0.330 e. The summed E-state index contributed by atoms with van der Waals surface area (Å²) in [6, 6.07) is 18.1. The maximum atomic E-state index is 14.1. The molecule has 3 atom stereocenters. The summed E-state index contributed by atoms with van der Waals surface area (Å²) in [4.78, 5) is 43.3. The first kappa shape index (κ1) is 24.3. The predicted molar refractivity (Wildman–Crippen MR) is 132 cm³/mol. The zero-order valence-electron chi connectivity index (χ0n) is 19.8. The number of benzene rings is 2. The Morgan fingerprint density at radius 3 is 2.21 bits per heavy atom. The van der Waals surface area contributed by atoms with Crippen molar-refractivity contribution in [2.75, 3.05) is 12.5 Å². The molecule has 182 valence electrons. The molecular weight excluding hydrogens is 452 g/mol. The summed E-state index contributed by atoms with van der Waals surface area (Å²) >= 11 is 0. The lowest BCUT2D eigenvalue weighted by Crippen LogP contribution is -2.57. The van der Waals surface area contributed by atoms with Crippen molar-refractivity contribution in [2.24, 2.45) is 0 Å². The Kier molecular flexibility index (Phi) is 6.73. The number of hydrogen-bond donors (Lipinski definition) is 1. The minimum Gasteiger partial charge on any atom is -0.459 e. The fraction of sp³-hybridized carbons (Fsp3) is 0.423. The molecule has 2 aromatic carbocycles. The largest absolute Gasteiger partial charge is 0.459 e. The standard InChI is InChI=1S/C26H32N2O5S/c1-4-27(16-19-11-7-5-8-12-19)25(32)34(18-29)22-15-21(30)28(22)23(26(34,2)3)24(31)33-17-20-13-9-6-10-14-20/h5-14,22-23,29H,4,15-18H2,1-3H3/t22-,23+/m1/s1. The highest BCUT2D eigenvalue weighted by atomic mass is 32.3. The predicted octanol–water partition coefficient (Wildman–Crippen LogP) is 3.85. The number of carbonyl (C=O) groups is 3. The van der Waals surface area contributed by atoms with Gasteiger partial charge in [0.05, 0.1) is 17.7 Å². The van der Waals surface area contributed by atoms with Crippen LogP contribution in [0.2, 0.25) is 0 Å². The summed E-state index contributed by atoms with van der Waals surface area (Å²) in [5.41, 5.74) is 1.83. The van der Waals surface area contributed by atoms with E-state index in [-0.39, 0.29) is 30.1 Å². The molecule has 2 heterocycles. The summed E-state index contributed by atoms with van der Waals surface area (Å²) in [6.45, 7) is 6.51. The number of ether oxygens (including phenoxy) is 1. The van der Waals surface area contributed by atoms with Gasteiger partial charge in [0.2, 0.25) is 5.91 Å². The van der Waals surface area contributed by atoms with Gasteiger partial charge in [0, 0.05) is 17.8 Å². The number of esters is 1. The van der Waals surface area contributed by atoms with E-state index in [2.05, 4.69) is 0 Å². The van der Waals surface area contributed by atoms with Crippen LogP contribution in [0.1, 0.15) is 38.3 Å². The van der Waals surface area contributed by atoms with Gasteiger partial charge in [0.1, 0.15) is 12.6 Å². The molecule has 4 rings (SSSR count). The summed E-state index contributed by atoms with van der Waals surface area (Å²) in [7, 11) is -2.49. The third-order valence-electron chi connectivity index (χ3n) is 7.11. The lowest BCUT2D eigenvalue weighted by atomic mass is 9.98. The number of aliphatic hydroxyl groups is 1. The Labute approximate surface area is 202 Å². The fourth-order valence-corrected chi connectivity index (χ4v) is 9.44. The van der Waals surface area contributed by atoms with Crippen LogP contribution in [0.3, 0.4) is 0 Å². The first-order chi connectivity index (χ1) is 16.3. The topological polar surface area (TPSA) is 87.2 Å². The van der Waals surface area contributed by atoms with Gasteiger partial charge in [0.15, 0.2) is 0 Å². The van der Waals surface area contributed by atoms with E-state index >= 15 is 0 Å². The molecule has 0 radical (unpaired) electrons. The Hall–Kier alpha value is -2.84. The molecule has 0 aliphatic carbocycles. The van der Waals surface area contributed by atoms with Crippen LogP contribution in [0, 0.1) is 0 Å². The molecule has 1 N–H and O–H groups in total. The van der Waals surface area contributed by atoms with E-state index < -0.39 is 32.2 Å². The average molecular weight is 485 g/mol. The van der Waals surface area contributed by atoms with Gasteiger partial charge in [-0.25, -0.2) is 4.79 Å². The minimum atomic E-state index is -2.49. The van der Waals surface area contributed by atoms with Crippen LogP contribution in [0.25, 0.3) is 0 Å². The molecule has 0 spiro atoms. The SMILES string of the molecule is CCN(Cc1ccccc1)C(=O)[S@]1(CO)[C@@H]2CC(=O)N2[C@@H](C(=O)OCc2ccccc2)C1(C)C. The van der Waals surface area contributed by atoms with E-state index in [0.29, 0.717) is 13.1 Å². The number of β-lactam (4-membered cyclic amide) rings is 1. The van der Waals surface area contributed by atoms with Crippen molar-refractivity contribution in [2.45, 2.75) is 56.5 Å². The van der Waals surface area contributed by atoms with Crippen LogP contribution in [0.5, 0.6) is 0 Å². The van der Waals surface area contributed by atoms with Crippen LogP contribution in [-0.4, -0.2) is 60.7 Å². The van der Waals surface area contributed by atoms with Crippen molar-refractivity contribution in [3.05, 3.63) is 71.8 Å². The quantitative estimate of drug-likeness (QED) is 0.477. The smallest absolute Gasteiger partial charge is 0.330 e. The molecule has 2 aromatic rings. The highest BCUT2D eigenvalue weighted by molar-refractivity contribution is 8.46. The monoisotopic (exact) mass is 484 g/mol. The lowest BCUT2D eigenvalue weighted by molar-refractivity contribution is -0.162. The minimum absolute atomic E-state index is 0.0868. The van der Waals surface area contributed by atoms with Crippen molar-refractivity contribution in [3.8, 4) is 0 Å². The Balaban J connectivity index is 1.63. The molecular formula is C26H32N2O5S. The molecule has 0 bridgehead atoms. The molecule has 2 aliphatic heterocycles. The second-order valence-corrected chi connectivity index (χ2v) is 13.0. The third-order valence-corrected chi connectivity index (χ3v) is 11.8. The van der Waals surface area contributed by atoms with Gasteiger partial charge in [-0.05, 0) is 31.9 Å². The Morgan fingerprint density at radius 2 is 1.68 bits per heavy atom. The summed E-state index contributed by atoms with van der Waals surface area (Å²) < 4.78 is 4.67. The Morgan fingerprint density at radius 1 is 1.09 bits per heavy atom. The molecule has 2 saturated heterocycles. The van der Waals surface area contributed by atoms with Gasteiger partial charge in [-0.15, -0.1) is 10.0 Å². The van der Waals surface area contributed by atoms with E-state index in [9.17, 15) is 19.5 Å². The van der Waals surface area contributed by atoms with Gasteiger partial charge in [-0.3, -0.25) is 9.59 Å². The first-order valence-electron chi connectivity index (χ1n) is 11.5. The summed E-state index contributed by atoms with van der Waals surface area (Å²) in [5, 5.41) is 10.1. The van der Waals surface area contributed by atoms with Crippen molar-refractivity contribution >= 4 is 27.1 Å². The number of aliphatic hydroxyl groups excluding tert-OH is 1. The Bertz CT molecular complexity index is 1060. The van der Waals surface area contributed by atoms with E-state index in [0.717, 1.165) is 11.1 Å². The molecule has 2 fully saturated rings. The molecule has 0 unspecified atom stereocenters. The van der Waals surface area contributed by atoms with E-state index in [1.165, 1.54) is 4.90 Å². The average Bonchev–Trinajstić information content (AvgIpc) is 3.01. The third kappa shape index (κ3) is 3.79. The fourth-order valence-electron chi connectivity index (χ4n) is 5.13. The molecule has 7 nitrogen and oxygen atoms in total. The normalized spacial score (nSPS) is 24.8. The lowest BCUT2D eigenvalue weighted by Gasteiger charge is -2.51. The number of rotatable bonds is 7. The van der Waals surface area contributed by atoms with Crippen LogP contribution < -0.4 is 0 Å². The molecule has 8 heteroatoms. The van der Waals surface area contributed by atoms with Crippen LogP contribution in [0.4, 0.5) is 4.79 Å². The highest BCUT2D eigenvalue weighted by Gasteiger charge is 2.72. The summed E-state index contributed by atoms with van der Waals surface area (Å²) in [5.74, 6) is -1.09. The molecule has 0 saturated carbocycles. The van der Waals surface area contributed by atoms with Crippen LogP contribution in [-0.2, 0) is 27.5 Å². The van der Waals surface area contributed by atoms with Crippen molar-refractivity contribution < 1.29 is 24.2 Å². The molecule has 34 heavy (non-hydrogen) atoms. The summed E-state index contributed by atoms with van der Waals surface area (Å²) in [6.07, 6.45) is 0.163. The number of hydrogen-bond acceptors (Lipinski definition) is 5.